The van der Waals surface area contributed by atoms with Crippen LogP contribution in [0.25, 0.3) is 21.8 Å². The predicted octanol–water partition coefficient (Wildman–Crippen LogP) is 5.22. The Kier molecular flexibility index (Phi) is 7.48. The molecule has 0 saturated carbocycles. The van der Waals surface area contributed by atoms with Gasteiger partial charge in [-0.2, -0.15) is 0 Å². The fraction of sp³-hybridized carbons (Fsp3) is 0.375. The van der Waals surface area contributed by atoms with Gasteiger partial charge in [-0.1, -0.05) is 11.6 Å². The van der Waals surface area contributed by atoms with Crippen molar-refractivity contribution in [3.05, 3.63) is 41.4 Å². The number of fused-ring (bicyclic) bond motifs is 2. The number of benzene rings is 2. The molecule has 176 valence electrons. The number of aliphatic carboxylic acids is 1. The van der Waals surface area contributed by atoms with Gasteiger partial charge in [0.25, 0.3) is 0 Å². The Morgan fingerprint density at radius 3 is 2.55 bits per heavy atom. The molecule has 0 aliphatic rings. The molecular weight excluding hydrogens is 446 g/mol. The summed E-state index contributed by atoms with van der Waals surface area (Å²) in [6, 6.07) is 10.1. The maximum atomic E-state index is 12.0. The van der Waals surface area contributed by atoms with E-state index in [4.69, 9.17) is 26.1 Å². The number of carbonyl (C=O) groups excluding carboxylic acids is 1. The molecule has 3 N–H and O–H groups in total. The van der Waals surface area contributed by atoms with Gasteiger partial charge < -0.3 is 25.2 Å². The number of amides is 1. The minimum absolute atomic E-state index is 0.234. The van der Waals surface area contributed by atoms with E-state index in [2.05, 4.69) is 10.6 Å². The summed E-state index contributed by atoms with van der Waals surface area (Å²) in [4.78, 5) is 28.3. The van der Waals surface area contributed by atoms with E-state index in [-0.39, 0.29) is 6.42 Å². The lowest BCUT2D eigenvalue weighted by atomic mass is 10.1. The Hall–Kier alpha value is -3.26. The lowest BCUT2D eigenvalue weighted by molar-refractivity contribution is -0.139. The number of nitrogens with one attached hydrogen (secondary N) is 2. The number of carbonyl (C=O) groups is 2. The highest BCUT2D eigenvalue weighted by Crippen LogP contribution is 2.34. The van der Waals surface area contributed by atoms with Gasteiger partial charge in [-0.15, -0.1) is 0 Å². The second kappa shape index (κ2) is 10.1. The molecule has 0 unspecified atom stereocenters. The van der Waals surface area contributed by atoms with Crippen LogP contribution in [0, 0.1) is 0 Å². The maximum absolute atomic E-state index is 12.0. The lowest BCUT2D eigenvalue weighted by Gasteiger charge is -2.22. The molecule has 3 aromatic rings. The zero-order valence-electron chi connectivity index (χ0n) is 19.1. The normalized spacial score (nSPS) is 12.4. The van der Waals surface area contributed by atoms with Gasteiger partial charge in [0.05, 0.1) is 23.8 Å². The average Bonchev–Trinajstić information content (AvgIpc) is 2.73. The third kappa shape index (κ3) is 6.38. The molecule has 0 bridgehead atoms. The number of halogens is 1. The van der Waals surface area contributed by atoms with Crippen molar-refractivity contribution in [3.63, 3.8) is 0 Å². The molecule has 0 spiro atoms. The topological polar surface area (TPSA) is 110 Å². The first-order chi connectivity index (χ1) is 15.6. The fourth-order valence-corrected chi connectivity index (χ4v) is 3.61. The van der Waals surface area contributed by atoms with E-state index in [1.807, 2.05) is 24.3 Å². The van der Waals surface area contributed by atoms with Crippen molar-refractivity contribution < 1.29 is 24.2 Å². The number of ether oxygens (including phenoxy) is 2. The van der Waals surface area contributed by atoms with Gasteiger partial charge in [-0.25, -0.2) is 14.6 Å². The second-order valence-corrected chi connectivity index (χ2v) is 9.07. The standard InChI is InChI=1S/C24H28ClN3O5/c1-24(2,3)33-23(31)28-19(22(29)30)6-5-11-26-21-16-9-7-14(25)12-20(16)27-18-10-8-15(32-4)13-17(18)21/h7-10,12-13,19H,5-6,11H2,1-4H3,(H,26,27)(H,28,31)(H,29,30)/t19-/m0/s1. The van der Waals surface area contributed by atoms with E-state index in [1.165, 1.54) is 0 Å². The number of hydrogen-bond acceptors (Lipinski definition) is 6. The summed E-state index contributed by atoms with van der Waals surface area (Å²) in [7, 11) is 1.60. The number of methoxy groups -OCH3 is 1. The lowest BCUT2D eigenvalue weighted by Crippen LogP contribution is -2.43. The SMILES string of the molecule is COc1ccc2nc3cc(Cl)ccc3c(NCCC[C@H](NC(=O)OC(C)(C)C)C(=O)O)c2c1. The third-order valence-electron chi connectivity index (χ3n) is 4.90. The van der Waals surface area contributed by atoms with Crippen molar-refractivity contribution in [3.8, 4) is 5.75 Å². The van der Waals surface area contributed by atoms with Crippen LogP contribution in [0.15, 0.2) is 36.4 Å². The van der Waals surface area contributed by atoms with Crippen LogP contribution < -0.4 is 15.4 Å². The first-order valence-electron chi connectivity index (χ1n) is 10.6. The van der Waals surface area contributed by atoms with Crippen molar-refractivity contribution in [1.82, 2.24) is 10.3 Å². The first-order valence-corrected chi connectivity index (χ1v) is 11.0. The number of hydrogen-bond donors (Lipinski definition) is 3. The van der Waals surface area contributed by atoms with E-state index in [9.17, 15) is 14.7 Å². The van der Waals surface area contributed by atoms with Crippen LogP contribution in [0.3, 0.4) is 0 Å². The van der Waals surface area contributed by atoms with Crippen LogP contribution in [-0.2, 0) is 9.53 Å². The number of alkyl carbamates (subject to hydrolysis) is 1. The minimum atomic E-state index is -1.11. The summed E-state index contributed by atoms with van der Waals surface area (Å²) in [6.45, 7) is 5.64. The van der Waals surface area contributed by atoms with Crippen molar-refractivity contribution >= 4 is 51.2 Å². The Morgan fingerprint density at radius 1 is 1.12 bits per heavy atom. The summed E-state index contributed by atoms with van der Waals surface area (Å²) in [5.41, 5.74) is 1.68. The van der Waals surface area contributed by atoms with Crippen molar-refractivity contribution in [1.29, 1.82) is 0 Å². The van der Waals surface area contributed by atoms with Crippen LogP contribution in [0.5, 0.6) is 5.75 Å². The monoisotopic (exact) mass is 473 g/mol. The number of carboxylic acids is 1. The summed E-state index contributed by atoms with van der Waals surface area (Å²) in [5, 5.41) is 17.7. The predicted molar refractivity (Wildman–Crippen MR) is 129 cm³/mol. The molecule has 0 saturated heterocycles. The first kappa shape index (κ1) is 24.4. The minimum Gasteiger partial charge on any atom is -0.497 e. The number of aromatic nitrogens is 1. The number of pyridine rings is 1. The van der Waals surface area contributed by atoms with Crippen LogP contribution >= 0.6 is 11.6 Å². The largest absolute Gasteiger partial charge is 0.497 e. The highest BCUT2D eigenvalue weighted by molar-refractivity contribution is 6.31. The smallest absolute Gasteiger partial charge is 0.408 e. The number of anilines is 1. The molecule has 8 nitrogen and oxygen atoms in total. The molecule has 1 heterocycles. The zero-order chi connectivity index (χ0) is 24.2. The van der Waals surface area contributed by atoms with Crippen LogP contribution in [-0.4, -0.2) is 47.5 Å². The Labute approximate surface area is 197 Å². The number of nitrogens with zero attached hydrogens (tertiary/aromatic N) is 1. The summed E-state index contributed by atoms with van der Waals surface area (Å²) >= 11 is 6.16. The van der Waals surface area contributed by atoms with Crippen LogP contribution in [0.2, 0.25) is 5.02 Å². The summed E-state index contributed by atoms with van der Waals surface area (Å²) in [6.07, 6.45) is -0.0224. The van der Waals surface area contributed by atoms with Crippen molar-refractivity contribution in [2.75, 3.05) is 19.0 Å². The molecule has 3 rings (SSSR count). The fourth-order valence-electron chi connectivity index (χ4n) is 3.44. The average molecular weight is 474 g/mol. The van der Waals surface area contributed by atoms with Gasteiger partial charge in [0, 0.05) is 22.3 Å². The summed E-state index contributed by atoms with van der Waals surface area (Å²) in [5.74, 6) is -0.409. The number of carboxylic acid groups (broad SMARTS) is 1. The maximum Gasteiger partial charge on any atom is 0.408 e. The molecule has 2 aromatic carbocycles. The highest BCUT2D eigenvalue weighted by atomic mass is 35.5. The molecule has 33 heavy (non-hydrogen) atoms. The molecule has 0 fully saturated rings. The molecule has 0 aliphatic heterocycles. The second-order valence-electron chi connectivity index (χ2n) is 8.64. The van der Waals surface area contributed by atoms with E-state index in [1.54, 1.807) is 40.0 Å². The van der Waals surface area contributed by atoms with Gasteiger partial charge in [0.15, 0.2) is 0 Å². The van der Waals surface area contributed by atoms with E-state index in [0.29, 0.717) is 23.7 Å². The third-order valence-corrected chi connectivity index (χ3v) is 5.14. The molecule has 0 radical (unpaired) electrons. The van der Waals surface area contributed by atoms with Gasteiger partial charge in [-0.05, 0) is 70.0 Å². The molecular formula is C24H28ClN3O5. The van der Waals surface area contributed by atoms with Crippen LogP contribution in [0.1, 0.15) is 33.6 Å². The van der Waals surface area contributed by atoms with Crippen molar-refractivity contribution in [2.45, 2.75) is 45.3 Å². The summed E-state index contributed by atoms with van der Waals surface area (Å²) < 4.78 is 10.5. The van der Waals surface area contributed by atoms with E-state index < -0.39 is 23.7 Å². The van der Waals surface area contributed by atoms with Gasteiger partial charge >= 0.3 is 12.1 Å². The van der Waals surface area contributed by atoms with Crippen LogP contribution in [0.4, 0.5) is 10.5 Å². The van der Waals surface area contributed by atoms with E-state index in [0.717, 1.165) is 27.5 Å². The van der Waals surface area contributed by atoms with Gasteiger partial charge in [0.2, 0.25) is 0 Å². The highest BCUT2D eigenvalue weighted by Gasteiger charge is 2.23. The molecule has 1 atom stereocenters. The molecule has 0 aliphatic carbocycles. The zero-order valence-corrected chi connectivity index (χ0v) is 19.8. The van der Waals surface area contributed by atoms with Gasteiger partial charge in [-0.3, -0.25) is 0 Å². The van der Waals surface area contributed by atoms with Gasteiger partial charge in [0.1, 0.15) is 17.4 Å². The molecule has 1 amide bonds. The Morgan fingerprint density at radius 2 is 1.88 bits per heavy atom. The molecule has 9 heteroatoms. The quantitative estimate of drug-likeness (QED) is 0.304. The Bertz CT molecular complexity index is 1180. The Balaban J connectivity index is 1.76. The number of rotatable bonds is 8. The van der Waals surface area contributed by atoms with Crippen molar-refractivity contribution in [2.24, 2.45) is 0 Å². The molecule has 1 aromatic heterocycles. The van der Waals surface area contributed by atoms with E-state index >= 15 is 0 Å².